The van der Waals surface area contributed by atoms with Gasteiger partial charge >= 0.3 is 5.97 Å². The number of thioether (sulfide) groups is 1. The number of nitrogens with two attached hydrogens (primary N) is 1. The second-order valence-electron chi connectivity index (χ2n) is 7.94. The third-order valence-electron chi connectivity index (χ3n) is 4.86. The van der Waals surface area contributed by atoms with E-state index in [0.717, 1.165) is 5.56 Å². The number of aliphatic carboxylic acids is 1. The third kappa shape index (κ3) is 9.27. The minimum Gasteiger partial charge on any atom is -0.480 e. The van der Waals surface area contributed by atoms with Crippen LogP contribution in [0, 0.1) is 5.92 Å². The Hall–Kier alpha value is -2.59. The highest BCUT2D eigenvalue weighted by Crippen LogP contribution is 2.06. The second kappa shape index (κ2) is 13.7. The van der Waals surface area contributed by atoms with Crippen molar-refractivity contribution in [2.24, 2.45) is 11.7 Å². The molecule has 32 heavy (non-hydrogen) atoms. The monoisotopic (exact) mass is 466 g/mol. The van der Waals surface area contributed by atoms with E-state index in [1.165, 1.54) is 18.7 Å². The fourth-order valence-corrected chi connectivity index (χ4v) is 3.39. The summed E-state index contributed by atoms with van der Waals surface area (Å²) < 4.78 is 0. The van der Waals surface area contributed by atoms with Crippen LogP contribution in [0.1, 0.15) is 32.8 Å². The van der Waals surface area contributed by atoms with Crippen LogP contribution in [0.3, 0.4) is 0 Å². The number of carbonyl (C=O) groups is 4. The summed E-state index contributed by atoms with van der Waals surface area (Å²) in [6.45, 7) is 4.81. The van der Waals surface area contributed by atoms with Crippen LogP contribution in [0.15, 0.2) is 30.3 Å². The molecule has 10 heteroatoms. The molecule has 0 saturated heterocycles. The van der Waals surface area contributed by atoms with Gasteiger partial charge < -0.3 is 26.8 Å². The molecule has 178 valence electrons. The van der Waals surface area contributed by atoms with E-state index in [-0.39, 0.29) is 5.92 Å². The summed E-state index contributed by atoms with van der Waals surface area (Å²) in [5.74, 6) is -2.46. The van der Waals surface area contributed by atoms with E-state index in [2.05, 4.69) is 16.0 Å². The summed E-state index contributed by atoms with van der Waals surface area (Å²) >= 11 is 1.52. The van der Waals surface area contributed by atoms with E-state index < -0.39 is 47.9 Å². The maximum Gasteiger partial charge on any atom is 0.326 e. The molecule has 0 aromatic heterocycles. The summed E-state index contributed by atoms with van der Waals surface area (Å²) in [4.78, 5) is 49.0. The predicted octanol–water partition coefficient (Wildman–Crippen LogP) is 0.524. The van der Waals surface area contributed by atoms with Gasteiger partial charge in [-0.2, -0.15) is 11.8 Å². The van der Waals surface area contributed by atoms with Gasteiger partial charge in [-0.05, 0) is 43.3 Å². The highest BCUT2D eigenvalue weighted by molar-refractivity contribution is 7.98. The van der Waals surface area contributed by atoms with Crippen molar-refractivity contribution in [3.05, 3.63) is 35.9 Å². The predicted molar refractivity (Wildman–Crippen MR) is 125 cm³/mol. The molecule has 1 aromatic rings. The number of rotatable bonds is 13. The van der Waals surface area contributed by atoms with Gasteiger partial charge in [0.15, 0.2) is 0 Å². The summed E-state index contributed by atoms with van der Waals surface area (Å²) in [5.41, 5.74) is 6.92. The first-order valence-corrected chi connectivity index (χ1v) is 11.9. The van der Waals surface area contributed by atoms with Gasteiger partial charge in [0, 0.05) is 0 Å². The van der Waals surface area contributed by atoms with Gasteiger partial charge in [0.05, 0.1) is 6.04 Å². The van der Waals surface area contributed by atoms with Crippen molar-refractivity contribution in [1.82, 2.24) is 16.0 Å². The first-order chi connectivity index (χ1) is 15.1. The Kier molecular flexibility index (Phi) is 11.8. The summed E-state index contributed by atoms with van der Waals surface area (Å²) in [5, 5.41) is 16.9. The number of carboxylic acid groups (broad SMARTS) is 1. The van der Waals surface area contributed by atoms with E-state index in [1.807, 2.05) is 36.6 Å². The molecule has 0 saturated carbocycles. The Morgan fingerprint density at radius 1 is 0.969 bits per heavy atom. The van der Waals surface area contributed by atoms with Crippen LogP contribution in [0.25, 0.3) is 0 Å². The third-order valence-corrected chi connectivity index (χ3v) is 5.51. The zero-order valence-electron chi connectivity index (χ0n) is 19.0. The van der Waals surface area contributed by atoms with Gasteiger partial charge in [-0.25, -0.2) is 4.79 Å². The molecule has 0 aliphatic carbocycles. The highest BCUT2D eigenvalue weighted by atomic mass is 32.2. The number of amides is 3. The quantitative estimate of drug-likeness (QED) is 0.284. The minimum absolute atomic E-state index is 0.320. The number of carboxylic acids is 1. The van der Waals surface area contributed by atoms with Crippen molar-refractivity contribution in [3.8, 4) is 0 Å². The van der Waals surface area contributed by atoms with Crippen LogP contribution < -0.4 is 21.7 Å². The van der Waals surface area contributed by atoms with Gasteiger partial charge in [0.25, 0.3) is 0 Å². The summed E-state index contributed by atoms with van der Waals surface area (Å²) in [6.07, 6.45) is 2.56. The molecular weight excluding hydrogens is 432 g/mol. The minimum atomic E-state index is -1.15. The van der Waals surface area contributed by atoms with Gasteiger partial charge in [-0.3, -0.25) is 14.4 Å². The van der Waals surface area contributed by atoms with E-state index in [0.29, 0.717) is 18.6 Å². The Morgan fingerprint density at radius 2 is 1.59 bits per heavy atom. The van der Waals surface area contributed by atoms with Gasteiger partial charge in [0.1, 0.15) is 18.1 Å². The number of carbonyl (C=O) groups excluding carboxylic acids is 3. The van der Waals surface area contributed by atoms with Crippen LogP contribution in [-0.4, -0.2) is 65.0 Å². The molecule has 0 aliphatic heterocycles. The average molecular weight is 467 g/mol. The van der Waals surface area contributed by atoms with Crippen LogP contribution in [-0.2, 0) is 25.6 Å². The molecule has 3 amide bonds. The fraction of sp³-hybridized carbons (Fsp3) is 0.545. The Morgan fingerprint density at radius 3 is 2.12 bits per heavy atom. The average Bonchev–Trinajstić information content (AvgIpc) is 2.74. The number of hydrogen-bond acceptors (Lipinski definition) is 6. The molecule has 0 spiro atoms. The van der Waals surface area contributed by atoms with Gasteiger partial charge in [-0.15, -0.1) is 0 Å². The smallest absolute Gasteiger partial charge is 0.326 e. The van der Waals surface area contributed by atoms with Crippen molar-refractivity contribution in [2.45, 2.75) is 57.8 Å². The molecule has 0 aliphatic rings. The van der Waals surface area contributed by atoms with Gasteiger partial charge in [0.2, 0.25) is 17.7 Å². The fourth-order valence-electron chi connectivity index (χ4n) is 2.92. The number of hydrogen-bond donors (Lipinski definition) is 5. The van der Waals surface area contributed by atoms with Crippen molar-refractivity contribution < 1.29 is 24.3 Å². The van der Waals surface area contributed by atoms with E-state index >= 15 is 0 Å². The molecule has 4 unspecified atom stereocenters. The largest absolute Gasteiger partial charge is 0.480 e. The lowest BCUT2D eigenvalue weighted by atomic mass is 10.0. The summed E-state index contributed by atoms with van der Waals surface area (Å²) in [7, 11) is 0. The van der Waals surface area contributed by atoms with Crippen LogP contribution in [0.5, 0.6) is 0 Å². The molecular formula is C22H34N4O5S. The molecule has 1 rings (SSSR count). The van der Waals surface area contributed by atoms with Gasteiger partial charge in [-0.1, -0.05) is 44.2 Å². The molecule has 0 radical (unpaired) electrons. The highest BCUT2D eigenvalue weighted by Gasteiger charge is 2.29. The second-order valence-corrected chi connectivity index (χ2v) is 8.92. The lowest BCUT2D eigenvalue weighted by molar-refractivity contribution is -0.143. The Bertz CT molecular complexity index is 775. The molecule has 4 atom stereocenters. The van der Waals surface area contributed by atoms with E-state index in [1.54, 1.807) is 13.8 Å². The van der Waals surface area contributed by atoms with Crippen LogP contribution >= 0.6 is 11.8 Å². The topological polar surface area (TPSA) is 151 Å². The zero-order valence-corrected chi connectivity index (χ0v) is 19.8. The zero-order chi connectivity index (χ0) is 24.3. The van der Waals surface area contributed by atoms with Crippen LogP contribution in [0.4, 0.5) is 0 Å². The Labute approximate surface area is 193 Å². The maximum absolute atomic E-state index is 12.8. The number of nitrogens with one attached hydrogen (secondary N) is 3. The van der Waals surface area contributed by atoms with Crippen LogP contribution in [0.2, 0.25) is 0 Å². The van der Waals surface area contributed by atoms with Crippen molar-refractivity contribution in [1.29, 1.82) is 0 Å². The lowest BCUT2D eigenvalue weighted by Crippen LogP contribution is -2.57. The molecule has 0 bridgehead atoms. The SMILES string of the molecule is CSCCC(NC(=O)C(N)Cc1ccccc1)C(=O)NC(C)C(=O)NC(C(=O)O)C(C)C. The van der Waals surface area contributed by atoms with Crippen molar-refractivity contribution in [3.63, 3.8) is 0 Å². The van der Waals surface area contributed by atoms with E-state index in [4.69, 9.17) is 5.73 Å². The van der Waals surface area contributed by atoms with Crippen molar-refractivity contribution in [2.75, 3.05) is 12.0 Å². The molecule has 0 heterocycles. The first-order valence-electron chi connectivity index (χ1n) is 10.5. The van der Waals surface area contributed by atoms with Crippen molar-refractivity contribution >= 4 is 35.5 Å². The molecule has 0 fully saturated rings. The maximum atomic E-state index is 12.8. The Balaban J connectivity index is 2.74. The normalized spacial score (nSPS) is 14.7. The molecule has 1 aromatic carbocycles. The number of benzene rings is 1. The standard InChI is InChI=1S/C22H34N4O5S/c1-13(2)18(22(30)31)26-19(27)14(3)24-21(29)17(10-11-32-4)25-20(28)16(23)12-15-8-6-5-7-9-15/h5-9,13-14,16-18H,10-12,23H2,1-4H3,(H,24,29)(H,25,28)(H,26,27)(H,30,31). The molecule has 9 nitrogen and oxygen atoms in total. The summed E-state index contributed by atoms with van der Waals surface area (Å²) in [6, 6.07) is 5.58. The van der Waals surface area contributed by atoms with E-state index in [9.17, 15) is 24.3 Å². The molecule has 6 N–H and O–H groups in total. The first kappa shape index (κ1) is 27.4. The lowest BCUT2D eigenvalue weighted by Gasteiger charge is -2.24.